The normalized spacial score (nSPS) is 18.7. The molecule has 96 valence electrons. The van der Waals surface area contributed by atoms with Gasteiger partial charge in [0.05, 0.1) is 4.92 Å². The average molecular weight is 247 g/mol. The molecule has 0 saturated heterocycles. The number of nitrogens with two attached hydrogens (primary N) is 1. The average Bonchev–Trinajstić information content (AvgIpc) is 3.17. The number of nitrogens with zero attached hydrogens (tertiary/aromatic N) is 2. The van der Waals surface area contributed by atoms with Gasteiger partial charge in [-0.25, -0.2) is 0 Å². The molecule has 0 radical (unpaired) electrons. The molecule has 18 heavy (non-hydrogen) atoms. The molecule has 2 fully saturated rings. The summed E-state index contributed by atoms with van der Waals surface area (Å²) in [5.74, 6) is 0.714. The van der Waals surface area contributed by atoms with Crippen molar-refractivity contribution in [2.75, 3.05) is 17.2 Å². The highest BCUT2D eigenvalue weighted by molar-refractivity contribution is 5.76. The zero-order valence-electron chi connectivity index (χ0n) is 10.2. The van der Waals surface area contributed by atoms with E-state index in [0.29, 0.717) is 17.6 Å². The molecule has 0 bridgehead atoms. The van der Waals surface area contributed by atoms with Crippen molar-refractivity contribution >= 4 is 17.1 Å². The molecule has 0 aliphatic heterocycles. The molecular weight excluding hydrogens is 230 g/mol. The molecule has 1 aromatic carbocycles. The first kappa shape index (κ1) is 11.3. The Morgan fingerprint density at radius 3 is 2.61 bits per heavy atom. The van der Waals surface area contributed by atoms with Crippen molar-refractivity contribution in [2.45, 2.75) is 31.7 Å². The van der Waals surface area contributed by atoms with Gasteiger partial charge in [-0.3, -0.25) is 10.1 Å². The van der Waals surface area contributed by atoms with E-state index in [1.54, 1.807) is 12.1 Å². The van der Waals surface area contributed by atoms with E-state index in [-0.39, 0.29) is 16.3 Å². The quantitative estimate of drug-likeness (QED) is 0.493. The number of rotatable bonds is 5. The van der Waals surface area contributed by atoms with Crippen LogP contribution in [0.2, 0.25) is 0 Å². The van der Waals surface area contributed by atoms with Gasteiger partial charge >= 0.3 is 5.69 Å². The fraction of sp³-hybridized carbons (Fsp3) is 0.538. The number of hydrogen-bond acceptors (Lipinski definition) is 4. The third-order valence-corrected chi connectivity index (χ3v) is 3.68. The molecule has 0 unspecified atom stereocenters. The summed E-state index contributed by atoms with van der Waals surface area (Å²) in [6, 6.07) is 5.71. The summed E-state index contributed by atoms with van der Waals surface area (Å²) in [5, 5.41) is 11.2. The molecule has 0 aromatic heterocycles. The van der Waals surface area contributed by atoms with Crippen molar-refractivity contribution < 1.29 is 4.92 Å². The number of nitro groups is 1. The molecular formula is C13H17N3O2. The molecule has 5 nitrogen and oxygen atoms in total. The number of nitrogen functional groups attached to an aromatic ring is 1. The van der Waals surface area contributed by atoms with Gasteiger partial charge in [0.2, 0.25) is 0 Å². The number of benzene rings is 1. The van der Waals surface area contributed by atoms with Crippen LogP contribution in [0.3, 0.4) is 0 Å². The highest BCUT2D eigenvalue weighted by Crippen LogP contribution is 2.42. The first-order chi connectivity index (χ1) is 8.66. The van der Waals surface area contributed by atoms with Gasteiger partial charge in [-0.05, 0) is 43.7 Å². The number of anilines is 2. The van der Waals surface area contributed by atoms with Crippen LogP contribution in [0.25, 0.3) is 0 Å². The fourth-order valence-corrected chi connectivity index (χ4v) is 2.39. The van der Waals surface area contributed by atoms with E-state index in [1.165, 1.54) is 12.8 Å². The summed E-state index contributed by atoms with van der Waals surface area (Å²) in [7, 11) is 0. The lowest BCUT2D eigenvalue weighted by molar-refractivity contribution is -0.383. The van der Waals surface area contributed by atoms with Crippen molar-refractivity contribution in [2.24, 2.45) is 5.92 Å². The summed E-state index contributed by atoms with van der Waals surface area (Å²) in [5.41, 5.74) is 6.80. The first-order valence-corrected chi connectivity index (χ1v) is 6.46. The molecule has 5 heteroatoms. The van der Waals surface area contributed by atoms with Crippen LogP contribution in [0.15, 0.2) is 18.2 Å². The minimum atomic E-state index is -0.354. The minimum Gasteiger partial charge on any atom is -0.393 e. The van der Waals surface area contributed by atoms with E-state index in [9.17, 15) is 10.1 Å². The Kier molecular flexibility index (Phi) is 2.61. The summed E-state index contributed by atoms with van der Waals surface area (Å²) in [6.07, 6.45) is 4.77. The lowest BCUT2D eigenvalue weighted by Crippen LogP contribution is -2.28. The van der Waals surface area contributed by atoms with Gasteiger partial charge < -0.3 is 10.6 Å². The number of hydrogen-bond donors (Lipinski definition) is 1. The summed E-state index contributed by atoms with van der Waals surface area (Å²) in [4.78, 5) is 13.0. The molecule has 2 aliphatic rings. The lowest BCUT2D eigenvalue weighted by Gasteiger charge is -2.24. The van der Waals surface area contributed by atoms with Gasteiger partial charge in [0.1, 0.15) is 11.4 Å². The zero-order valence-corrected chi connectivity index (χ0v) is 10.2. The number of para-hydroxylation sites is 1. The third kappa shape index (κ3) is 2.12. The van der Waals surface area contributed by atoms with Crippen molar-refractivity contribution in [1.29, 1.82) is 0 Å². The highest BCUT2D eigenvalue weighted by Gasteiger charge is 2.37. The van der Waals surface area contributed by atoms with Gasteiger partial charge in [-0.15, -0.1) is 0 Å². The van der Waals surface area contributed by atoms with Crippen LogP contribution in [-0.2, 0) is 0 Å². The van der Waals surface area contributed by atoms with E-state index in [1.807, 2.05) is 6.07 Å². The Morgan fingerprint density at radius 2 is 2.06 bits per heavy atom. The standard InChI is InChI=1S/C13H17N3O2/c14-11-2-1-3-12(13(11)16(17)18)15(10-6-7-10)8-9-4-5-9/h1-3,9-10H,4-8,14H2. The molecule has 3 rings (SSSR count). The van der Waals surface area contributed by atoms with Gasteiger partial charge in [0.25, 0.3) is 0 Å². The molecule has 1 aromatic rings. The minimum absolute atomic E-state index is 0.0741. The van der Waals surface area contributed by atoms with Gasteiger partial charge in [-0.1, -0.05) is 6.07 Å². The summed E-state index contributed by atoms with van der Waals surface area (Å²) in [6.45, 7) is 0.939. The van der Waals surface area contributed by atoms with Gasteiger partial charge in [0, 0.05) is 12.6 Å². The van der Waals surface area contributed by atoms with Crippen LogP contribution in [0, 0.1) is 16.0 Å². The monoisotopic (exact) mass is 247 g/mol. The van der Waals surface area contributed by atoms with Crippen LogP contribution in [0.4, 0.5) is 17.1 Å². The van der Waals surface area contributed by atoms with Crippen molar-refractivity contribution in [1.82, 2.24) is 0 Å². The highest BCUT2D eigenvalue weighted by atomic mass is 16.6. The van der Waals surface area contributed by atoms with Gasteiger partial charge in [0.15, 0.2) is 0 Å². The van der Waals surface area contributed by atoms with Crippen LogP contribution in [-0.4, -0.2) is 17.5 Å². The SMILES string of the molecule is Nc1cccc(N(CC2CC2)C2CC2)c1[N+](=O)[O-]. The molecule has 0 atom stereocenters. The smallest absolute Gasteiger partial charge is 0.315 e. The van der Waals surface area contributed by atoms with Crippen molar-refractivity contribution in [3.63, 3.8) is 0 Å². The molecule has 2 aliphatic carbocycles. The largest absolute Gasteiger partial charge is 0.393 e. The van der Waals surface area contributed by atoms with Crippen LogP contribution < -0.4 is 10.6 Å². The predicted octanol–water partition coefficient (Wildman–Crippen LogP) is 2.56. The molecule has 0 spiro atoms. The van der Waals surface area contributed by atoms with E-state index >= 15 is 0 Å². The van der Waals surface area contributed by atoms with E-state index < -0.39 is 0 Å². The van der Waals surface area contributed by atoms with Crippen LogP contribution >= 0.6 is 0 Å². The molecule has 2 N–H and O–H groups in total. The van der Waals surface area contributed by atoms with Crippen molar-refractivity contribution in [3.8, 4) is 0 Å². The van der Waals surface area contributed by atoms with Crippen LogP contribution in [0.1, 0.15) is 25.7 Å². The maximum absolute atomic E-state index is 11.2. The number of nitro benzene ring substituents is 1. The second kappa shape index (κ2) is 4.15. The zero-order chi connectivity index (χ0) is 12.7. The Morgan fingerprint density at radius 1 is 1.33 bits per heavy atom. The third-order valence-electron chi connectivity index (χ3n) is 3.68. The van der Waals surface area contributed by atoms with Gasteiger partial charge in [-0.2, -0.15) is 0 Å². The fourth-order valence-electron chi connectivity index (χ4n) is 2.39. The summed E-state index contributed by atoms with van der Waals surface area (Å²) < 4.78 is 0. The second-order valence-corrected chi connectivity index (χ2v) is 5.30. The predicted molar refractivity (Wildman–Crippen MR) is 70.6 cm³/mol. The molecule has 0 heterocycles. The van der Waals surface area contributed by atoms with E-state index in [4.69, 9.17) is 5.73 Å². The van der Waals surface area contributed by atoms with Crippen molar-refractivity contribution in [3.05, 3.63) is 28.3 Å². The maximum atomic E-state index is 11.2. The Bertz CT molecular complexity index is 481. The second-order valence-electron chi connectivity index (χ2n) is 5.30. The molecule has 0 amide bonds. The maximum Gasteiger partial charge on any atom is 0.315 e. The molecule has 2 saturated carbocycles. The van der Waals surface area contributed by atoms with E-state index in [2.05, 4.69) is 4.90 Å². The Hall–Kier alpha value is -1.78. The topological polar surface area (TPSA) is 72.4 Å². The van der Waals surface area contributed by atoms with E-state index in [0.717, 1.165) is 19.4 Å². The Labute approximate surface area is 106 Å². The lowest BCUT2D eigenvalue weighted by atomic mass is 10.2. The first-order valence-electron chi connectivity index (χ1n) is 6.46. The summed E-state index contributed by atoms with van der Waals surface area (Å²) >= 11 is 0. The Balaban J connectivity index is 1.96. The van der Waals surface area contributed by atoms with Crippen LogP contribution in [0.5, 0.6) is 0 Å².